The number of hydrogen-bond donors (Lipinski definition) is 1. The number of aromatic amines is 1. The molecule has 2 aromatic rings. The van der Waals surface area contributed by atoms with Gasteiger partial charge in [0.1, 0.15) is 11.6 Å². The quantitative estimate of drug-likeness (QED) is 0.945. The first kappa shape index (κ1) is 13.5. The summed E-state index contributed by atoms with van der Waals surface area (Å²) in [5.41, 5.74) is 0.724. The van der Waals surface area contributed by atoms with Crippen molar-refractivity contribution in [1.29, 1.82) is 0 Å². The van der Waals surface area contributed by atoms with E-state index in [1.54, 1.807) is 6.26 Å². The smallest absolute Gasteiger partial charge is 0.258 e. The summed E-state index contributed by atoms with van der Waals surface area (Å²) in [5.74, 6) is 2.86. The van der Waals surface area contributed by atoms with E-state index in [-0.39, 0.29) is 11.9 Å². The minimum atomic E-state index is -0.0341. The molecule has 2 fully saturated rings. The van der Waals surface area contributed by atoms with Crippen molar-refractivity contribution in [2.24, 2.45) is 0 Å². The Balaban J connectivity index is 1.63. The fourth-order valence-electron chi connectivity index (χ4n) is 3.27. The first-order chi connectivity index (χ1) is 10.7. The molecule has 2 aliphatic rings. The first-order valence-electron chi connectivity index (χ1n) is 8.01. The number of carbonyl (C=O) groups excluding carboxylic acids is 1. The van der Waals surface area contributed by atoms with Gasteiger partial charge in [-0.15, -0.1) is 0 Å². The molecule has 1 N–H and O–H groups in total. The summed E-state index contributed by atoms with van der Waals surface area (Å²) < 4.78 is 5.56. The van der Waals surface area contributed by atoms with Crippen molar-refractivity contribution >= 4 is 5.91 Å². The average Bonchev–Trinajstić information content (AvgIpc) is 3.10. The van der Waals surface area contributed by atoms with E-state index >= 15 is 0 Å². The van der Waals surface area contributed by atoms with Gasteiger partial charge >= 0.3 is 0 Å². The van der Waals surface area contributed by atoms with Crippen molar-refractivity contribution < 1.29 is 9.21 Å². The van der Waals surface area contributed by atoms with Crippen LogP contribution in [0, 0.1) is 6.92 Å². The van der Waals surface area contributed by atoms with Crippen molar-refractivity contribution in [1.82, 2.24) is 20.1 Å². The Labute approximate surface area is 128 Å². The minimum Gasteiger partial charge on any atom is -0.468 e. The molecule has 1 saturated carbocycles. The number of aromatic nitrogens is 3. The predicted octanol–water partition coefficient (Wildman–Crippen LogP) is 2.95. The number of H-pyrrole nitrogens is 1. The van der Waals surface area contributed by atoms with Gasteiger partial charge in [-0.1, -0.05) is 0 Å². The van der Waals surface area contributed by atoms with Crippen LogP contribution in [-0.2, 0) is 0 Å². The van der Waals surface area contributed by atoms with Crippen LogP contribution in [0.5, 0.6) is 0 Å². The first-order valence-corrected chi connectivity index (χ1v) is 8.01. The van der Waals surface area contributed by atoms with Crippen LogP contribution in [-0.4, -0.2) is 32.5 Å². The number of nitrogens with zero attached hydrogens (tertiary/aromatic N) is 3. The third-order valence-electron chi connectivity index (χ3n) is 4.55. The summed E-state index contributed by atoms with van der Waals surface area (Å²) in [4.78, 5) is 19.4. The van der Waals surface area contributed by atoms with Gasteiger partial charge < -0.3 is 9.32 Å². The molecule has 1 amide bonds. The number of hydrogen-bond acceptors (Lipinski definition) is 4. The summed E-state index contributed by atoms with van der Waals surface area (Å²) in [6.45, 7) is 2.64. The highest BCUT2D eigenvalue weighted by Crippen LogP contribution is 2.43. The van der Waals surface area contributed by atoms with Gasteiger partial charge in [-0.05, 0) is 45.1 Å². The Kier molecular flexibility index (Phi) is 3.24. The molecule has 116 valence electrons. The number of piperidine rings is 1. The van der Waals surface area contributed by atoms with E-state index in [9.17, 15) is 4.79 Å². The van der Waals surface area contributed by atoms with Gasteiger partial charge in [0, 0.05) is 12.5 Å². The highest BCUT2D eigenvalue weighted by atomic mass is 16.3. The van der Waals surface area contributed by atoms with Gasteiger partial charge in [-0.25, -0.2) is 4.98 Å². The lowest BCUT2D eigenvalue weighted by Gasteiger charge is -2.34. The zero-order valence-corrected chi connectivity index (χ0v) is 12.7. The predicted molar refractivity (Wildman–Crippen MR) is 79.4 cm³/mol. The van der Waals surface area contributed by atoms with Crippen LogP contribution >= 0.6 is 0 Å². The van der Waals surface area contributed by atoms with E-state index in [0.717, 1.165) is 61.6 Å². The second-order valence-electron chi connectivity index (χ2n) is 6.26. The third kappa shape index (κ3) is 2.32. The Morgan fingerprint density at radius 2 is 2.23 bits per heavy atom. The van der Waals surface area contributed by atoms with Gasteiger partial charge in [-0.3, -0.25) is 9.89 Å². The van der Waals surface area contributed by atoms with Crippen molar-refractivity contribution in [3.05, 3.63) is 35.3 Å². The molecule has 1 atom stereocenters. The topological polar surface area (TPSA) is 75.0 Å². The van der Waals surface area contributed by atoms with Crippen LogP contribution in [0.3, 0.4) is 0 Å². The lowest BCUT2D eigenvalue weighted by Crippen LogP contribution is -2.39. The third-order valence-corrected chi connectivity index (χ3v) is 4.55. The molecule has 0 bridgehead atoms. The molecule has 2 aromatic heterocycles. The van der Waals surface area contributed by atoms with E-state index in [1.807, 2.05) is 17.9 Å². The van der Waals surface area contributed by atoms with Crippen molar-refractivity contribution in [2.75, 3.05) is 6.54 Å². The number of carbonyl (C=O) groups is 1. The van der Waals surface area contributed by atoms with E-state index in [0.29, 0.717) is 5.92 Å². The Bertz CT molecular complexity index is 686. The van der Waals surface area contributed by atoms with Gasteiger partial charge in [0.05, 0.1) is 17.9 Å². The van der Waals surface area contributed by atoms with Gasteiger partial charge in [0.15, 0.2) is 5.82 Å². The molecular weight excluding hydrogens is 280 g/mol. The Hall–Kier alpha value is -2.11. The molecule has 0 unspecified atom stereocenters. The van der Waals surface area contributed by atoms with E-state index < -0.39 is 0 Å². The van der Waals surface area contributed by atoms with Crippen molar-refractivity contribution in [2.45, 2.75) is 51.0 Å². The molecule has 1 aliphatic carbocycles. The molecule has 6 heteroatoms. The van der Waals surface area contributed by atoms with Crippen LogP contribution in [0.2, 0.25) is 0 Å². The fraction of sp³-hybridized carbons (Fsp3) is 0.562. The molecule has 4 rings (SSSR count). The maximum Gasteiger partial charge on any atom is 0.258 e. The zero-order valence-electron chi connectivity index (χ0n) is 12.7. The number of likely N-dealkylation sites (tertiary alicyclic amines) is 1. The summed E-state index contributed by atoms with van der Waals surface area (Å²) in [7, 11) is 0. The molecular formula is C16H20N4O2. The maximum absolute atomic E-state index is 13.0. The van der Waals surface area contributed by atoms with E-state index in [1.165, 1.54) is 0 Å². The van der Waals surface area contributed by atoms with Gasteiger partial charge in [0.2, 0.25) is 0 Å². The number of nitrogens with one attached hydrogen (secondary N) is 1. The summed E-state index contributed by atoms with van der Waals surface area (Å²) in [6, 6.07) is 1.78. The maximum atomic E-state index is 13.0. The van der Waals surface area contributed by atoms with Crippen molar-refractivity contribution in [3.63, 3.8) is 0 Å². The van der Waals surface area contributed by atoms with Gasteiger partial charge in [0.25, 0.3) is 5.91 Å². The highest BCUT2D eigenvalue weighted by molar-refractivity contribution is 5.95. The molecule has 0 aromatic carbocycles. The highest BCUT2D eigenvalue weighted by Gasteiger charge is 2.36. The molecule has 0 spiro atoms. The van der Waals surface area contributed by atoms with Crippen LogP contribution in [0.1, 0.15) is 71.8 Å². The second kappa shape index (κ2) is 5.26. The largest absolute Gasteiger partial charge is 0.468 e. The van der Waals surface area contributed by atoms with Crippen LogP contribution in [0.15, 0.2) is 16.7 Å². The zero-order chi connectivity index (χ0) is 15.1. The van der Waals surface area contributed by atoms with Crippen LogP contribution in [0.25, 0.3) is 0 Å². The van der Waals surface area contributed by atoms with Gasteiger partial charge in [-0.2, -0.15) is 5.10 Å². The normalized spacial score (nSPS) is 22.0. The number of aryl methyl sites for hydroxylation is 1. The molecule has 0 radical (unpaired) electrons. The molecule has 6 nitrogen and oxygen atoms in total. The Morgan fingerprint density at radius 3 is 2.95 bits per heavy atom. The lowest BCUT2D eigenvalue weighted by atomic mass is 10.00. The summed E-state index contributed by atoms with van der Waals surface area (Å²) in [5, 5.41) is 7.15. The monoisotopic (exact) mass is 300 g/mol. The second-order valence-corrected chi connectivity index (χ2v) is 6.26. The van der Waals surface area contributed by atoms with E-state index in [4.69, 9.17) is 4.42 Å². The van der Waals surface area contributed by atoms with Crippen LogP contribution < -0.4 is 0 Å². The number of amides is 1. The van der Waals surface area contributed by atoms with Crippen LogP contribution in [0.4, 0.5) is 0 Å². The fourth-order valence-corrected chi connectivity index (χ4v) is 3.27. The molecule has 3 heterocycles. The standard InChI is InChI=1S/C16H20N4O2/c1-10-17-15(19-18-10)13-4-2-3-8-20(13)16(21)12-7-9-22-14(12)11-5-6-11/h7,9,11,13H,2-6,8H2,1H3,(H,17,18,19)/t13-/m1/s1. The molecule has 22 heavy (non-hydrogen) atoms. The summed E-state index contributed by atoms with van der Waals surface area (Å²) in [6.07, 6.45) is 6.93. The Morgan fingerprint density at radius 1 is 1.36 bits per heavy atom. The lowest BCUT2D eigenvalue weighted by molar-refractivity contribution is 0.0598. The average molecular weight is 300 g/mol. The molecule has 1 saturated heterocycles. The SMILES string of the molecule is Cc1nc([C@H]2CCCCN2C(=O)c2ccoc2C2CC2)n[nH]1. The number of furan rings is 1. The number of rotatable bonds is 3. The van der Waals surface area contributed by atoms with E-state index in [2.05, 4.69) is 15.2 Å². The minimum absolute atomic E-state index is 0.0341. The molecule has 1 aliphatic heterocycles. The van der Waals surface area contributed by atoms with Crippen molar-refractivity contribution in [3.8, 4) is 0 Å². The summed E-state index contributed by atoms with van der Waals surface area (Å²) >= 11 is 0.